The average Bonchev–Trinajstić information content (AvgIpc) is 2.30. The first kappa shape index (κ1) is 10.5. The second kappa shape index (κ2) is 4.67. The van der Waals surface area contributed by atoms with Crippen molar-refractivity contribution in [3.05, 3.63) is 29.8 Å². The van der Waals surface area contributed by atoms with Gasteiger partial charge in [-0.05, 0) is 36.5 Å². The highest BCUT2D eigenvalue weighted by molar-refractivity contribution is 5.46. The Morgan fingerprint density at radius 2 is 1.67 bits per heavy atom. The van der Waals surface area contributed by atoms with Crippen LogP contribution >= 0.6 is 0 Å². The topological polar surface area (TPSA) is 17.3 Å². The molecule has 2 heteroatoms. The van der Waals surface area contributed by atoms with Crippen LogP contribution in [0.25, 0.3) is 0 Å². The quantitative estimate of drug-likeness (QED) is 0.720. The van der Waals surface area contributed by atoms with E-state index in [4.69, 9.17) is 0 Å². The Morgan fingerprint density at radius 1 is 1.07 bits per heavy atom. The van der Waals surface area contributed by atoms with Crippen molar-refractivity contribution in [2.24, 2.45) is 0 Å². The Balaban J connectivity index is 2.08. The lowest BCUT2D eigenvalue weighted by atomic mass is 9.90. The lowest BCUT2D eigenvalue weighted by molar-refractivity contribution is 0.453. The minimum absolute atomic E-state index is 0.735. The second-order valence-electron chi connectivity index (χ2n) is 4.43. The van der Waals surface area contributed by atoms with E-state index in [0.29, 0.717) is 0 Å². The van der Waals surface area contributed by atoms with Gasteiger partial charge in [0.25, 0.3) is 0 Å². The normalized spacial score (nSPS) is 17.7. The molecule has 0 spiro atoms. The number of rotatable bonds is 2. The van der Waals surface area contributed by atoms with Crippen molar-refractivity contribution in [1.29, 1.82) is 0 Å². The Kier molecular flexibility index (Phi) is 3.27. The maximum absolute atomic E-state index is 4.39. The minimum Gasteiger partial charge on any atom is -0.378 e. The summed E-state index contributed by atoms with van der Waals surface area (Å²) >= 11 is 0. The molecule has 0 bridgehead atoms. The molecule has 0 aromatic heterocycles. The third kappa shape index (κ3) is 2.51. The highest BCUT2D eigenvalue weighted by Gasteiger charge is 2.15. The summed E-state index contributed by atoms with van der Waals surface area (Å²) in [4.78, 5) is 2.14. The summed E-state index contributed by atoms with van der Waals surface area (Å²) in [6.07, 6.45) is 2.45. The molecule has 0 aliphatic carbocycles. The lowest BCUT2D eigenvalue weighted by Crippen LogP contribution is -2.21. The van der Waals surface area contributed by atoms with Crippen LogP contribution in [-0.4, -0.2) is 27.2 Å². The molecule has 1 aliphatic heterocycles. The SMILES string of the molecule is CN(C)c1ccc(C2CC[N]CC2)cc1. The van der Waals surface area contributed by atoms with Gasteiger partial charge in [0.05, 0.1) is 0 Å². The highest BCUT2D eigenvalue weighted by Crippen LogP contribution is 2.26. The van der Waals surface area contributed by atoms with Gasteiger partial charge in [0.15, 0.2) is 0 Å². The molecule has 1 saturated heterocycles. The first-order valence-corrected chi connectivity index (χ1v) is 5.68. The summed E-state index contributed by atoms with van der Waals surface area (Å²) in [6.45, 7) is 2.08. The van der Waals surface area contributed by atoms with Gasteiger partial charge in [-0.1, -0.05) is 12.1 Å². The summed E-state index contributed by atoms with van der Waals surface area (Å²) in [7, 11) is 4.16. The van der Waals surface area contributed by atoms with Crippen molar-refractivity contribution in [1.82, 2.24) is 5.32 Å². The Morgan fingerprint density at radius 3 is 2.20 bits per heavy atom. The first-order valence-electron chi connectivity index (χ1n) is 5.68. The molecule has 81 valence electrons. The van der Waals surface area contributed by atoms with Gasteiger partial charge in [0.2, 0.25) is 0 Å². The molecule has 1 aliphatic rings. The standard InChI is InChI=1S/C13H19N2/c1-15(2)13-5-3-11(4-6-13)12-7-9-14-10-8-12/h3-6,12H,7-10H2,1-2H3. The van der Waals surface area contributed by atoms with E-state index in [0.717, 1.165) is 19.0 Å². The van der Waals surface area contributed by atoms with Crippen LogP contribution in [0.3, 0.4) is 0 Å². The van der Waals surface area contributed by atoms with Gasteiger partial charge in [0.1, 0.15) is 0 Å². The summed E-state index contributed by atoms with van der Waals surface area (Å²) in [6, 6.07) is 8.96. The van der Waals surface area contributed by atoms with Crippen molar-refractivity contribution >= 4 is 5.69 Å². The number of hydrogen-bond acceptors (Lipinski definition) is 1. The monoisotopic (exact) mass is 203 g/mol. The third-order valence-electron chi connectivity index (χ3n) is 3.15. The number of piperidine rings is 1. The predicted molar refractivity (Wildman–Crippen MR) is 64.6 cm³/mol. The molecular weight excluding hydrogens is 184 g/mol. The number of hydrogen-bond donors (Lipinski definition) is 0. The zero-order chi connectivity index (χ0) is 10.7. The summed E-state index contributed by atoms with van der Waals surface area (Å²) in [5, 5.41) is 4.39. The van der Waals surface area contributed by atoms with Crippen molar-refractivity contribution < 1.29 is 0 Å². The molecule has 0 N–H and O–H groups in total. The molecular formula is C13H19N2. The Bertz CT molecular complexity index is 297. The van der Waals surface area contributed by atoms with Crippen molar-refractivity contribution in [2.75, 3.05) is 32.1 Å². The first-order chi connectivity index (χ1) is 7.27. The van der Waals surface area contributed by atoms with Gasteiger partial charge in [-0.15, -0.1) is 0 Å². The molecule has 1 aromatic carbocycles. The largest absolute Gasteiger partial charge is 0.378 e. The van der Waals surface area contributed by atoms with E-state index >= 15 is 0 Å². The van der Waals surface area contributed by atoms with Gasteiger partial charge < -0.3 is 4.90 Å². The van der Waals surface area contributed by atoms with Gasteiger partial charge in [-0.2, -0.15) is 0 Å². The molecule has 15 heavy (non-hydrogen) atoms. The van der Waals surface area contributed by atoms with Gasteiger partial charge >= 0.3 is 0 Å². The Hall–Kier alpha value is -1.02. The van der Waals surface area contributed by atoms with Gasteiger partial charge in [-0.3, -0.25) is 0 Å². The number of anilines is 1. The van der Waals surface area contributed by atoms with Gasteiger partial charge in [-0.25, -0.2) is 5.32 Å². The van der Waals surface area contributed by atoms with E-state index in [1.165, 1.54) is 24.1 Å². The number of benzene rings is 1. The van der Waals surface area contributed by atoms with Crippen molar-refractivity contribution in [3.8, 4) is 0 Å². The van der Waals surface area contributed by atoms with Crippen LogP contribution < -0.4 is 10.2 Å². The van der Waals surface area contributed by atoms with E-state index in [2.05, 4.69) is 48.6 Å². The molecule has 2 nitrogen and oxygen atoms in total. The fourth-order valence-electron chi connectivity index (χ4n) is 2.13. The summed E-state index contributed by atoms with van der Waals surface area (Å²) in [5.74, 6) is 0.735. The zero-order valence-electron chi connectivity index (χ0n) is 9.61. The van der Waals surface area contributed by atoms with E-state index in [9.17, 15) is 0 Å². The van der Waals surface area contributed by atoms with Gasteiger partial charge in [0, 0.05) is 32.9 Å². The van der Waals surface area contributed by atoms with Crippen molar-refractivity contribution in [2.45, 2.75) is 18.8 Å². The van der Waals surface area contributed by atoms with Crippen LogP contribution in [-0.2, 0) is 0 Å². The fraction of sp³-hybridized carbons (Fsp3) is 0.538. The molecule has 2 rings (SSSR count). The fourth-order valence-corrected chi connectivity index (χ4v) is 2.13. The Labute approximate surface area is 92.3 Å². The molecule has 1 radical (unpaired) electrons. The second-order valence-corrected chi connectivity index (χ2v) is 4.43. The molecule has 1 heterocycles. The van der Waals surface area contributed by atoms with E-state index in [-0.39, 0.29) is 0 Å². The molecule has 0 amide bonds. The molecule has 0 saturated carbocycles. The number of nitrogens with zero attached hydrogens (tertiary/aromatic N) is 2. The van der Waals surface area contributed by atoms with Crippen LogP contribution in [0.1, 0.15) is 24.3 Å². The van der Waals surface area contributed by atoms with Crippen LogP contribution in [0.15, 0.2) is 24.3 Å². The van der Waals surface area contributed by atoms with Crippen molar-refractivity contribution in [3.63, 3.8) is 0 Å². The molecule has 1 fully saturated rings. The smallest absolute Gasteiger partial charge is 0.0361 e. The average molecular weight is 203 g/mol. The minimum atomic E-state index is 0.735. The van der Waals surface area contributed by atoms with E-state index in [1.54, 1.807) is 0 Å². The third-order valence-corrected chi connectivity index (χ3v) is 3.15. The van der Waals surface area contributed by atoms with E-state index < -0.39 is 0 Å². The molecule has 0 atom stereocenters. The van der Waals surface area contributed by atoms with Crippen LogP contribution in [0.4, 0.5) is 5.69 Å². The highest BCUT2D eigenvalue weighted by atomic mass is 15.1. The lowest BCUT2D eigenvalue weighted by Gasteiger charge is -2.22. The summed E-state index contributed by atoms with van der Waals surface area (Å²) < 4.78 is 0. The predicted octanol–water partition coefficient (Wildman–Crippen LogP) is 2.23. The maximum Gasteiger partial charge on any atom is 0.0361 e. The van der Waals surface area contributed by atoms with E-state index in [1.807, 2.05) is 0 Å². The van der Waals surface area contributed by atoms with Crippen LogP contribution in [0, 0.1) is 0 Å². The zero-order valence-corrected chi connectivity index (χ0v) is 9.61. The molecule has 0 unspecified atom stereocenters. The summed E-state index contributed by atoms with van der Waals surface area (Å²) in [5.41, 5.74) is 2.76. The maximum atomic E-state index is 4.39. The van der Waals surface area contributed by atoms with Crippen LogP contribution in [0.2, 0.25) is 0 Å². The molecule has 1 aromatic rings. The van der Waals surface area contributed by atoms with Crippen LogP contribution in [0.5, 0.6) is 0 Å².